The summed E-state index contributed by atoms with van der Waals surface area (Å²) in [4.78, 5) is 25.8. The third-order valence-electron chi connectivity index (χ3n) is 5.62. The number of hydrogen-bond acceptors (Lipinski definition) is 8. The van der Waals surface area contributed by atoms with Crippen molar-refractivity contribution in [3.63, 3.8) is 0 Å². The number of rotatable bonds is 3. The van der Waals surface area contributed by atoms with E-state index in [1.807, 2.05) is 17.1 Å². The molecular weight excluding hydrogens is 362 g/mol. The number of nitrogens with zero attached hydrogens (tertiary/aromatic N) is 4. The van der Waals surface area contributed by atoms with Crippen LogP contribution in [-0.4, -0.2) is 86.7 Å². The van der Waals surface area contributed by atoms with Crippen LogP contribution >= 0.6 is 0 Å². The standard InChI is InChI=1S/C19H27N5O4/c1-26-15-10-12-13(11-16(15)27-2)21-19(22-17(12)20)24-7-5-23(6-8-24)18(25)14-4-3-9-28-14/h10-14H,3-9H2,1-2H3,(H2,20,21,22)/t12?,13?,14-/m1/s1. The van der Waals surface area contributed by atoms with E-state index in [2.05, 4.69) is 9.89 Å². The van der Waals surface area contributed by atoms with Crippen LogP contribution in [0.5, 0.6) is 0 Å². The van der Waals surface area contributed by atoms with Gasteiger partial charge in [-0.25, -0.2) is 4.99 Å². The van der Waals surface area contributed by atoms with Gasteiger partial charge in [-0.1, -0.05) is 0 Å². The highest BCUT2D eigenvalue weighted by atomic mass is 16.5. The van der Waals surface area contributed by atoms with Crippen LogP contribution in [-0.2, 0) is 19.0 Å². The average Bonchev–Trinajstić information content (AvgIpc) is 3.27. The Bertz CT molecular complexity index is 745. The molecule has 9 nitrogen and oxygen atoms in total. The van der Waals surface area contributed by atoms with Crippen LogP contribution in [0.4, 0.5) is 0 Å². The van der Waals surface area contributed by atoms with E-state index in [1.165, 1.54) is 0 Å². The maximum absolute atomic E-state index is 12.5. The summed E-state index contributed by atoms with van der Waals surface area (Å²) >= 11 is 0. The van der Waals surface area contributed by atoms with Gasteiger partial charge in [0.2, 0.25) is 5.96 Å². The minimum atomic E-state index is -0.269. The van der Waals surface area contributed by atoms with E-state index >= 15 is 0 Å². The second-order valence-electron chi connectivity index (χ2n) is 7.27. The zero-order valence-electron chi connectivity index (χ0n) is 16.3. The third kappa shape index (κ3) is 3.46. The average molecular weight is 389 g/mol. The van der Waals surface area contributed by atoms with Gasteiger partial charge >= 0.3 is 0 Å². The third-order valence-corrected chi connectivity index (χ3v) is 5.62. The van der Waals surface area contributed by atoms with E-state index in [0.717, 1.165) is 12.8 Å². The second kappa shape index (κ2) is 7.83. The van der Waals surface area contributed by atoms with Crippen LogP contribution in [0, 0.1) is 5.92 Å². The number of aliphatic imine (C=N–C) groups is 2. The Hall–Kier alpha value is -2.55. The van der Waals surface area contributed by atoms with Gasteiger partial charge in [0.25, 0.3) is 5.91 Å². The Morgan fingerprint density at radius 2 is 1.89 bits per heavy atom. The molecule has 3 heterocycles. The van der Waals surface area contributed by atoms with Crippen molar-refractivity contribution >= 4 is 17.7 Å². The number of amides is 1. The highest BCUT2D eigenvalue weighted by molar-refractivity contribution is 6.00. The molecule has 4 aliphatic rings. The molecule has 0 saturated carbocycles. The van der Waals surface area contributed by atoms with Crippen LogP contribution in [0.3, 0.4) is 0 Å². The summed E-state index contributed by atoms with van der Waals surface area (Å²) in [6.45, 7) is 3.29. The van der Waals surface area contributed by atoms with Crippen LogP contribution in [0.2, 0.25) is 0 Å². The molecule has 1 amide bonds. The summed E-state index contributed by atoms with van der Waals surface area (Å²) in [6, 6.07) is -0.173. The molecular formula is C19H27N5O4. The number of nitrogens with two attached hydrogens (primary N) is 1. The summed E-state index contributed by atoms with van der Waals surface area (Å²) in [5.74, 6) is 2.37. The zero-order chi connectivity index (χ0) is 19.7. The van der Waals surface area contributed by atoms with Crippen molar-refractivity contribution in [2.45, 2.75) is 25.0 Å². The summed E-state index contributed by atoms with van der Waals surface area (Å²) < 4.78 is 16.3. The van der Waals surface area contributed by atoms with Crippen LogP contribution < -0.4 is 5.73 Å². The Morgan fingerprint density at radius 3 is 2.54 bits per heavy atom. The van der Waals surface area contributed by atoms with E-state index < -0.39 is 0 Å². The molecule has 3 atom stereocenters. The van der Waals surface area contributed by atoms with Crippen molar-refractivity contribution in [2.24, 2.45) is 21.6 Å². The van der Waals surface area contributed by atoms with Gasteiger partial charge in [-0.2, -0.15) is 4.99 Å². The van der Waals surface area contributed by atoms with E-state index in [1.54, 1.807) is 14.2 Å². The molecule has 2 saturated heterocycles. The number of guanidine groups is 1. The molecule has 0 bridgehead atoms. The second-order valence-corrected chi connectivity index (χ2v) is 7.27. The lowest BCUT2D eigenvalue weighted by atomic mass is 9.92. The maximum Gasteiger partial charge on any atom is 0.251 e. The first-order chi connectivity index (χ1) is 13.6. The van der Waals surface area contributed by atoms with E-state index in [9.17, 15) is 4.79 Å². The first-order valence-electron chi connectivity index (χ1n) is 9.70. The lowest BCUT2D eigenvalue weighted by Crippen LogP contribution is -2.53. The number of piperazine rings is 1. The molecule has 1 aliphatic carbocycles. The van der Waals surface area contributed by atoms with Gasteiger partial charge in [0.1, 0.15) is 11.9 Å². The summed E-state index contributed by atoms with van der Waals surface area (Å²) in [6.07, 6.45) is 5.33. The topological polar surface area (TPSA) is 102 Å². The smallest absolute Gasteiger partial charge is 0.251 e. The van der Waals surface area contributed by atoms with Crippen molar-refractivity contribution in [1.82, 2.24) is 9.80 Å². The molecule has 152 valence electrons. The fraction of sp³-hybridized carbons (Fsp3) is 0.632. The van der Waals surface area contributed by atoms with Crippen molar-refractivity contribution < 1.29 is 19.0 Å². The van der Waals surface area contributed by atoms with E-state index in [4.69, 9.17) is 24.9 Å². The fourth-order valence-corrected chi connectivity index (χ4v) is 4.01. The SMILES string of the molecule is COC1=CC2N=C(N3CCN(C(=O)[C@H]4CCCO4)CC3)N=C(N)C2C=C1OC. The predicted octanol–water partition coefficient (Wildman–Crippen LogP) is 0.0954. The lowest BCUT2D eigenvalue weighted by molar-refractivity contribution is -0.142. The van der Waals surface area contributed by atoms with E-state index in [-0.39, 0.29) is 24.0 Å². The maximum atomic E-state index is 12.5. The van der Waals surface area contributed by atoms with Gasteiger partial charge in [-0.3, -0.25) is 4.79 Å². The summed E-state index contributed by atoms with van der Waals surface area (Å²) in [7, 11) is 3.20. The monoisotopic (exact) mass is 389 g/mol. The lowest BCUT2D eigenvalue weighted by Gasteiger charge is -2.38. The van der Waals surface area contributed by atoms with Crippen LogP contribution in [0.1, 0.15) is 12.8 Å². The van der Waals surface area contributed by atoms with Gasteiger partial charge in [0, 0.05) is 32.8 Å². The van der Waals surface area contributed by atoms with Gasteiger partial charge in [-0.05, 0) is 25.0 Å². The highest BCUT2D eigenvalue weighted by Gasteiger charge is 2.35. The number of carbonyl (C=O) groups excluding carboxylic acids is 1. The van der Waals surface area contributed by atoms with Gasteiger partial charge < -0.3 is 29.7 Å². The summed E-state index contributed by atoms with van der Waals surface area (Å²) in [5.41, 5.74) is 6.24. The Morgan fingerprint density at radius 1 is 1.18 bits per heavy atom. The van der Waals surface area contributed by atoms with Crippen molar-refractivity contribution in [3.05, 3.63) is 23.7 Å². The first kappa shape index (κ1) is 18.8. The molecule has 28 heavy (non-hydrogen) atoms. The molecule has 0 aromatic heterocycles. The van der Waals surface area contributed by atoms with Gasteiger partial charge in [0.05, 0.1) is 26.2 Å². The quantitative estimate of drug-likeness (QED) is 0.734. The normalized spacial score (nSPS) is 30.0. The van der Waals surface area contributed by atoms with Crippen LogP contribution in [0.25, 0.3) is 0 Å². The number of carbonyl (C=O) groups is 1. The van der Waals surface area contributed by atoms with Crippen molar-refractivity contribution in [1.29, 1.82) is 0 Å². The molecule has 2 unspecified atom stereocenters. The minimum absolute atomic E-state index is 0.1000. The molecule has 0 radical (unpaired) electrons. The molecule has 2 fully saturated rings. The Kier molecular flexibility index (Phi) is 5.25. The van der Waals surface area contributed by atoms with Crippen molar-refractivity contribution in [3.8, 4) is 0 Å². The first-order valence-corrected chi connectivity index (χ1v) is 9.70. The largest absolute Gasteiger partial charge is 0.493 e. The van der Waals surface area contributed by atoms with Gasteiger partial charge in [-0.15, -0.1) is 0 Å². The Labute approximate surface area is 164 Å². The fourth-order valence-electron chi connectivity index (χ4n) is 4.01. The summed E-state index contributed by atoms with van der Waals surface area (Å²) in [5, 5.41) is 0. The number of amidine groups is 1. The molecule has 3 aliphatic heterocycles. The minimum Gasteiger partial charge on any atom is -0.493 e. The zero-order valence-corrected chi connectivity index (χ0v) is 16.3. The predicted molar refractivity (Wildman–Crippen MR) is 104 cm³/mol. The molecule has 9 heteroatoms. The number of ether oxygens (including phenoxy) is 3. The number of methoxy groups -OCH3 is 2. The van der Waals surface area contributed by atoms with Crippen LogP contribution in [0.15, 0.2) is 33.7 Å². The molecule has 4 rings (SSSR count). The molecule has 0 aromatic carbocycles. The molecule has 0 spiro atoms. The molecule has 2 N–H and O–H groups in total. The molecule has 0 aromatic rings. The number of fused-ring (bicyclic) bond motifs is 1. The number of hydrogen-bond donors (Lipinski definition) is 1. The highest BCUT2D eigenvalue weighted by Crippen LogP contribution is 2.29. The van der Waals surface area contributed by atoms with E-state index in [0.29, 0.717) is 56.1 Å². The Balaban J connectivity index is 1.43. The van der Waals surface area contributed by atoms with Crippen molar-refractivity contribution in [2.75, 3.05) is 47.0 Å². The van der Waals surface area contributed by atoms with Gasteiger partial charge in [0.15, 0.2) is 11.5 Å².